The van der Waals surface area contributed by atoms with Crippen LogP contribution in [0.2, 0.25) is 0 Å². The van der Waals surface area contributed by atoms with E-state index in [9.17, 15) is 18.0 Å². The molecular weight excluding hydrogens is 438 g/mol. The van der Waals surface area contributed by atoms with Crippen LogP contribution in [0.25, 0.3) is 0 Å². The van der Waals surface area contributed by atoms with Crippen LogP contribution in [-0.2, 0) is 15.7 Å². The molecule has 0 spiro atoms. The zero-order chi connectivity index (χ0) is 23.5. The molecule has 1 aliphatic rings. The molecule has 1 unspecified atom stereocenters. The molecule has 13 heteroatoms. The molecule has 0 bridgehead atoms. The van der Waals surface area contributed by atoms with Gasteiger partial charge >= 0.3 is 6.18 Å². The van der Waals surface area contributed by atoms with Crippen molar-refractivity contribution < 1.29 is 36.6 Å². The second-order valence-electron chi connectivity index (χ2n) is 6.68. The molecule has 32 heavy (non-hydrogen) atoms. The van der Waals surface area contributed by atoms with Gasteiger partial charge < -0.3 is 29.7 Å². The summed E-state index contributed by atoms with van der Waals surface area (Å²) in [5, 5.41) is 4.90. The summed E-state index contributed by atoms with van der Waals surface area (Å²) in [5.74, 6) is -1.63. The fourth-order valence-electron chi connectivity index (χ4n) is 3.29. The zero-order valence-electron chi connectivity index (χ0n) is 17.4. The number of alkyl halides is 3. The average molecular weight is 459 g/mol. The number of methoxy groups -OCH3 is 2. The van der Waals surface area contributed by atoms with E-state index in [2.05, 4.69) is 20.6 Å². The standard InChI is InChI=1S/C19H21F4N5O4/c1-24-17-10(19(21,22)23)7-25-18(27-17)26-11-6-12(30-2)14(16(31-3)15(11)20)13-8-28(9-29)4-5-32-13/h6-7,9,13H,4-5,8H2,1-3H3,(H2,24,25,26,27). The number of amides is 1. The first kappa shape index (κ1) is 23.3. The van der Waals surface area contributed by atoms with Crippen LogP contribution in [0, 0.1) is 5.82 Å². The normalized spacial score (nSPS) is 16.5. The second-order valence-corrected chi connectivity index (χ2v) is 6.68. The first-order valence-corrected chi connectivity index (χ1v) is 9.37. The molecule has 1 aromatic carbocycles. The minimum Gasteiger partial charge on any atom is -0.496 e. The highest BCUT2D eigenvalue weighted by Crippen LogP contribution is 2.43. The van der Waals surface area contributed by atoms with Crippen LogP contribution in [-0.4, -0.2) is 62.2 Å². The summed E-state index contributed by atoms with van der Waals surface area (Å²) >= 11 is 0. The van der Waals surface area contributed by atoms with Crippen LogP contribution >= 0.6 is 0 Å². The Morgan fingerprint density at radius 3 is 2.66 bits per heavy atom. The summed E-state index contributed by atoms with van der Waals surface area (Å²) in [6.07, 6.45) is -4.11. The number of aromatic nitrogens is 2. The minimum absolute atomic E-state index is 0.163. The lowest BCUT2D eigenvalue weighted by Crippen LogP contribution is -2.37. The zero-order valence-corrected chi connectivity index (χ0v) is 17.4. The van der Waals surface area contributed by atoms with E-state index in [-0.39, 0.29) is 41.8 Å². The maximum absolute atomic E-state index is 15.3. The third kappa shape index (κ3) is 4.61. The summed E-state index contributed by atoms with van der Waals surface area (Å²) in [6, 6.07) is 1.29. The van der Waals surface area contributed by atoms with Crippen molar-refractivity contribution in [2.24, 2.45) is 0 Å². The number of halogens is 4. The predicted octanol–water partition coefficient (Wildman–Crippen LogP) is 2.97. The van der Waals surface area contributed by atoms with Crippen LogP contribution in [0.4, 0.5) is 35.0 Å². The van der Waals surface area contributed by atoms with E-state index in [4.69, 9.17) is 14.2 Å². The highest BCUT2D eigenvalue weighted by Gasteiger charge is 2.35. The van der Waals surface area contributed by atoms with E-state index in [1.807, 2.05) is 0 Å². The number of hydrogen-bond donors (Lipinski definition) is 2. The first-order chi connectivity index (χ1) is 15.2. The van der Waals surface area contributed by atoms with Crippen molar-refractivity contribution in [3.05, 3.63) is 29.2 Å². The first-order valence-electron chi connectivity index (χ1n) is 9.37. The van der Waals surface area contributed by atoms with Gasteiger partial charge in [-0.15, -0.1) is 0 Å². The Kier molecular flexibility index (Phi) is 6.87. The Labute approximate surface area is 180 Å². The third-order valence-corrected chi connectivity index (χ3v) is 4.79. The molecule has 1 amide bonds. The molecule has 1 aromatic heterocycles. The molecule has 9 nitrogen and oxygen atoms in total. The maximum Gasteiger partial charge on any atom is 0.421 e. The van der Waals surface area contributed by atoms with Crippen molar-refractivity contribution in [3.8, 4) is 11.5 Å². The predicted molar refractivity (Wildman–Crippen MR) is 106 cm³/mol. The lowest BCUT2D eigenvalue weighted by Gasteiger charge is -2.32. The van der Waals surface area contributed by atoms with Gasteiger partial charge in [-0.2, -0.15) is 18.2 Å². The molecule has 2 aromatic rings. The van der Waals surface area contributed by atoms with E-state index in [1.54, 1.807) is 0 Å². The molecule has 1 fully saturated rings. The molecule has 1 aliphatic heterocycles. The molecule has 0 aliphatic carbocycles. The fraction of sp³-hybridized carbons (Fsp3) is 0.421. The number of anilines is 3. The summed E-state index contributed by atoms with van der Waals surface area (Å²) in [4.78, 5) is 20.0. The number of rotatable bonds is 7. The van der Waals surface area contributed by atoms with Gasteiger partial charge in [0.05, 0.1) is 38.6 Å². The van der Waals surface area contributed by atoms with Crippen LogP contribution in [0.1, 0.15) is 17.2 Å². The van der Waals surface area contributed by atoms with Crippen molar-refractivity contribution >= 4 is 23.9 Å². The summed E-state index contributed by atoms with van der Waals surface area (Å²) in [7, 11) is 3.88. The fourth-order valence-corrected chi connectivity index (χ4v) is 3.29. The van der Waals surface area contributed by atoms with Gasteiger partial charge in [0, 0.05) is 25.9 Å². The van der Waals surface area contributed by atoms with Gasteiger partial charge in [0.1, 0.15) is 23.2 Å². The van der Waals surface area contributed by atoms with Crippen molar-refractivity contribution in [1.82, 2.24) is 14.9 Å². The number of morpholine rings is 1. The number of carbonyl (C=O) groups is 1. The topological polar surface area (TPSA) is 97.8 Å². The summed E-state index contributed by atoms with van der Waals surface area (Å²) < 4.78 is 70.8. The molecule has 1 saturated heterocycles. The van der Waals surface area contributed by atoms with Gasteiger partial charge in [0.2, 0.25) is 12.4 Å². The van der Waals surface area contributed by atoms with Crippen LogP contribution in [0.15, 0.2) is 12.3 Å². The Hall–Kier alpha value is -3.35. The second kappa shape index (κ2) is 9.42. The van der Waals surface area contributed by atoms with Gasteiger partial charge in [-0.05, 0) is 0 Å². The lowest BCUT2D eigenvalue weighted by molar-refractivity contribution is -0.137. The molecule has 2 heterocycles. The van der Waals surface area contributed by atoms with Gasteiger partial charge in [0.15, 0.2) is 11.6 Å². The minimum atomic E-state index is -4.66. The van der Waals surface area contributed by atoms with Crippen molar-refractivity contribution in [3.63, 3.8) is 0 Å². The number of benzene rings is 1. The van der Waals surface area contributed by atoms with Crippen LogP contribution in [0.3, 0.4) is 0 Å². The Bertz CT molecular complexity index is 989. The Balaban J connectivity index is 2.01. The SMILES string of the molecule is CNc1nc(Nc2cc(OC)c(C3CN(C=O)CCO3)c(OC)c2F)ncc1C(F)(F)F. The molecule has 174 valence electrons. The summed E-state index contributed by atoms with van der Waals surface area (Å²) in [6.45, 7) is 0.797. The lowest BCUT2D eigenvalue weighted by atomic mass is 10.0. The van der Waals surface area contributed by atoms with E-state index < -0.39 is 29.5 Å². The average Bonchev–Trinajstić information content (AvgIpc) is 2.79. The number of ether oxygens (including phenoxy) is 3. The molecule has 3 rings (SSSR count). The highest BCUT2D eigenvalue weighted by molar-refractivity contribution is 5.66. The molecule has 2 N–H and O–H groups in total. The summed E-state index contributed by atoms with van der Waals surface area (Å²) in [5.41, 5.74) is -0.994. The van der Waals surface area contributed by atoms with E-state index in [1.165, 1.54) is 32.2 Å². The Morgan fingerprint density at radius 2 is 2.06 bits per heavy atom. The van der Waals surface area contributed by atoms with Crippen molar-refractivity contribution in [2.45, 2.75) is 12.3 Å². The van der Waals surface area contributed by atoms with E-state index >= 15 is 4.39 Å². The smallest absolute Gasteiger partial charge is 0.421 e. The number of nitrogens with zero attached hydrogens (tertiary/aromatic N) is 3. The molecular formula is C19H21F4N5O4. The van der Waals surface area contributed by atoms with E-state index in [0.29, 0.717) is 19.2 Å². The van der Waals surface area contributed by atoms with Gasteiger partial charge in [-0.25, -0.2) is 9.37 Å². The van der Waals surface area contributed by atoms with Crippen LogP contribution in [0.5, 0.6) is 11.5 Å². The molecule has 1 atom stereocenters. The number of hydrogen-bond acceptors (Lipinski definition) is 8. The van der Waals surface area contributed by atoms with Gasteiger partial charge in [-0.3, -0.25) is 4.79 Å². The van der Waals surface area contributed by atoms with Crippen molar-refractivity contribution in [2.75, 3.05) is 51.6 Å². The quantitative estimate of drug-likeness (QED) is 0.482. The van der Waals surface area contributed by atoms with Crippen LogP contribution < -0.4 is 20.1 Å². The maximum atomic E-state index is 15.3. The Morgan fingerprint density at radius 1 is 1.31 bits per heavy atom. The largest absolute Gasteiger partial charge is 0.496 e. The van der Waals surface area contributed by atoms with Gasteiger partial charge in [-0.1, -0.05) is 0 Å². The van der Waals surface area contributed by atoms with E-state index in [0.717, 1.165) is 0 Å². The van der Waals surface area contributed by atoms with Crippen molar-refractivity contribution in [1.29, 1.82) is 0 Å². The number of nitrogens with one attached hydrogen (secondary N) is 2. The molecule has 0 radical (unpaired) electrons. The monoisotopic (exact) mass is 459 g/mol. The third-order valence-electron chi connectivity index (χ3n) is 4.79. The highest BCUT2D eigenvalue weighted by atomic mass is 19.4. The molecule has 0 saturated carbocycles. The van der Waals surface area contributed by atoms with Gasteiger partial charge in [0.25, 0.3) is 0 Å². The number of carbonyl (C=O) groups excluding carboxylic acids is 1.